The van der Waals surface area contributed by atoms with E-state index >= 15 is 0 Å². The van der Waals surface area contributed by atoms with E-state index in [0.29, 0.717) is 23.0 Å². The Balaban J connectivity index is 2.27. The van der Waals surface area contributed by atoms with Crippen molar-refractivity contribution in [2.24, 2.45) is 5.92 Å². The molecule has 0 radical (unpaired) electrons. The number of nitrogens with one attached hydrogen (secondary N) is 1. The van der Waals surface area contributed by atoms with E-state index in [0.717, 1.165) is 19.3 Å². The zero-order valence-electron chi connectivity index (χ0n) is 9.91. The molecule has 1 fully saturated rings. The summed E-state index contributed by atoms with van der Waals surface area (Å²) in [6, 6.07) is 0. The molecule has 1 rings (SSSR count). The van der Waals surface area contributed by atoms with Crippen molar-refractivity contribution >= 4 is 26.0 Å². The maximum atomic E-state index is 11.8. The Hall–Kier alpha value is 0.390. The van der Waals surface area contributed by atoms with Crippen LogP contribution in [0.4, 0.5) is 0 Å². The molecular weight excluding hydrogens is 290 g/mol. The topological polar surface area (TPSA) is 46.2 Å². The van der Waals surface area contributed by atoms with Crippen LogP contribution in [0.3, 0.4) is 0 Å². The molecule has 0 spiro atoms. The first kappa shape index (κ1) is 14.5. The normalized spacial score (nSPS) is 20.9. The summed E-state index contributed by atoms with van der Waals surface area (Å²) < 4.78 is 26.2. The molecule has 0 amide bonds. The van der Waals surface area contributed by atoms with Crippen molar-refractivity contribution in [2.45, 2.75) is 50.3 Å². The zero-order chi connectivity index (χ0) is 12.0. The van der Waals surface area contributed by atoms with Gasteiger partial charge < -0.3 is 0 Å². The molecule has 5 heteroatoms. The van der Waals surface area contributed by atoms with Crippen molar-refractivity contribution in [3.05, 3.63) is 0 Å². The van der Waals surface area contributed by atoms with Gasteiger partial charge in [0, 0.05) is 11.4 Å². The molecule has 1 atom stereocenters. The van der Waals surface area contributed by atoms with Crippen LogP contribution in [0.15, 0.2) is 0 Å². The van der Waals surface area contributed by atoms with E-state index in [1.807, 2.05) is 6.92 Å². The molecule has 1 saturated carbocycles. The molecule has 0 aromatic heterocycles. The van der Waals surface area contributed by atoms with Crippen molar-refractivity contribution in [3.8, 4) is 0 Å². The van der Waals surface area contributed by atoms with Gasteiger partial charge in [0.15, 0.2) is 0 Å². The molecule has 16 heavy (non-hydrogen) atoms. The summed E-state index contributed by atoms with van der Waals surface area (Å²) in [7, 11) is -3.05. The zero-order valence-corrected chi connectivity index (χ0v) is 12.3. The highest BCUT2D eigenvalue weighted by Gasteiger charge is 2.20. The lowest BCUT2D eigenvalue weighted by Crippen LogP contribution is -2.32. The van der Waals surface area contributed by atoms with Crippen molar-refractivity contribution in [1.29, 1.82) is 0 Å². The van der Waals surface area contributed by atoms with Gasteiger partial charge in [-0.2, -0.15) is 0 Å². The van der Waals surface area contributed by atoms with Crippen LogP contribution in [0.2, 0.25) is 0 Å². The molecule has 96 valence electrons. The number of alkyl halides is 1. The maximum Gasteiger partial charge on any atom is 0.211 e. The van der Waals surface area contributed by atoms with Crippen molar-refractivity contribution in [2.75, 3.05) is 12.3 Å². The second-order valence-electron chi connectivity index (χ2n) is 4.75. The average Bonchev–Trinajstić information content (AvgIpc) is 2.17. The van der Waals surface area contributed by atoms with Gasteiger partial charge in [0.25, 0.3) is 0 Å². The highest BCUT2D eigenvalue weighted by Crippen LogP contribution is 2.24. The summed E-state index contributed by atoms with van der Waals surface area (Å²) in [5, 5.41) is 0. The monoisotopic (exact) mass is 311 g/mol. The second kappa shape index (κ2) is 6.97. The Bertz CT molecular complexity index is 284. The van der Waals surface area contributed by atoms with Gasteiger partial charge in [-0.15, -0.1) is 0 Å². The van der Waals surface area contributed by atoms with E-state index in [1.165, 1.54) is 19.3 Å². The summed E-state index contributed by atoms with van der Waals surface area (Å²) in [6.45, 7) is 2.57. The predicted molar refractivity (Wildman–Crippen MR) is 71.4 cm³/mol. The summed E-state index contributed by atoms with van der Waals surface area (Å²) in [6.07, 6.45) is 6.65. The maximum absolute atomic E-state index is 11.8. The highest BCUT2D eigenvalue weighted by atomic mass is 79.9. The number of hydrogen-bond donors (Lipinski definition) is 1. The molecule has 0 aliphatic heterocycles. The van der Waals surface area contributed by atoms with Crippen LogP contribution in [0.5, 0.6) is 0 Å². The number of rotatable bonds is 6. The summed E-state index contributed by atoms with van der Waals surface area (Å²) >= 11 is 3.41. The molecule has 0 aromatic carbocycles. The third-order valence-corrected chi connectivity index (χ3v) is 5.06. The first-order valence-electron chi connectivity index (χ1n) is 6.11. The third kappa shape index (κ3) is 6.21. The Labute approximate surface area is 108 Å². The largest absolute Gasteiger partial charge is 0.215 e. The van der Waals surface area contributed by atoms with Gasteiger partial charge in [0.1, 0.15) is 0 Å². The number of halogens is 1. The summed E-state index contributed by atoms with van der Waals surface area (Å²) in [5.41, 5.74) is 0. The van der Waals surface area contributed by atoms with Gasteiger partial charge in [-0.05, 0) is 25.2 Å². The molecule has 0 heterocycles. The van der Waals surface area contributed by atoms with E-state index in [-0.39, 0.29) is 0 Å². The minimum absolute atomic E-state index is 0.323. The van der Waals surface area contributed by atoms with Crippen LogP contribution >= 0.6 is 15.9 Å². The fraction of sp³-hybridized carbons (Fsp3) is 1.00. The van der Waals surface area contributed by atoms with Crippen molar-refractivity contribution < 1.29 is 8.42 Å². The quantitative estimate of drug-likeness (QED) is 0.767. The lowest BCUT2D eigenvalue weighted by atomic mass is 9.91. The number of hydrogen-bond acceptors (Lipinski definition) is 2. The summed E-state index contributed by atoms with van der Waals surface area (Å²) in [4.78, 5) is 0.366. The Morgan fingerprint density at radius 1 is 1.31 bits per heavy atom. The van der Waals surface area contributed by atoms with Gasteiger partial charge in [-0.3, -0.25) is 0 Å². The first-order chi connectivity index (χ1) is 7.49. The minimum Gasteiger partial charge on any atom is -0.215 e. The molecule has 1 aliphatic carbocycles. The Morgan fingerprint density at radius 3 is 2.50 bits per heavy atom. The molecule has 1 aliphatic rings. The Morgan fingerprint density at radius 2 is 1.94 bits per heavy atom. The molecule has 0 bridgehead atoms. The average molecular weight is 312 g/mol. The van der Waals surface area contributed by atoms with Gasteiger partial charge in [-0.25, -0.2) is 13.1 Å². The fourth-order valence-corrected chi connectivity index (χ4v) is 3.87. The molecule has 3 nitrogen and oxygen atoms in total. The van der Waals surface area contributed by atoms with Gasteiger partial charge in [0.05, 0.1) is 5.75 Å². The van der Waals surface area contributed by atoms with E-state index < -0.39 is 10.0 Å². The van der Waals surface area contributed by atoms with Crippen LogP contribution in [0.1, 0.15) is 45.4 Å². The lowest BCUT2D eigenvalue weighted by Gasteiger charge is -2.21. The van der Waals surface area contributed by atoms with Crippen LogP contribution in [-0.4, -0.2) is 25.5 Å². The van der Waals surface area contributed by atoms with E-state index in [2.05, 4.69) is 20.7 Å². The van der Waals surface area contributed by atoms with E-state index in [1.54, 1.807) is 0 Å². The minimum atomic E-state index is -3.05. The van der Waals surface area contributed by atoms with Crippen molar-refractivity contribution in [3.63, 3.8) is 0 Å². The van der Waals surface area contributed by atoms with Gasteiger partial charge in [-0.1, -0.05) is 42.1 Å². The second-order valence-corrected chi connectivity index (χ2v) is 8.16. The Kier molecular flexibility index (Phi) is 6.29. The molecule has 0 aromatic rings. The van der Waals surface area contributed by atoms with Crippen LogP contribution in [-0.2, 0) is 10.0 Å². The molecular formula is C11H22BrNO2S. The predicted octanol–water partition coefficient (Wildman–Crippen LogP) is 2.66. The van der Waals surface area contributed by atoms with Gasteiger partial charge in [0.2, 0.25) is 10.0 Å². The van der Waals surface area contributed by atoms with E-state index in [9.17, 15) is 8.42 Å². The number of sulfonamides is 1. The summed E-state index contributed by atoms with van der Waals surface area (Å²) in [5.74, 6) is 0.705. The van der Waals surface area contributed by atoms with Crippen LogP contribution in [0, 0.1) is 5.92 Å². The molecule has 1 unspecified atom stereocenters. The lowest BCUT2D eigenvalue weighted by molar-refractivity contribution is 0.384. The van der Waals surface area contributed by atoms with Gasteiger partial charge >= 0.3 is 0 Å². The van der Waals surface area contributed by atoms with E-state index in [4.69, 9.17) is 0 Å². The first-order valence-corrected chi connectivity index (χ1v) is 8.68. The molecule has 1 N–H and O–H groups in total. The fourth-order valence-electron chi connectivity index (χ4n) is 2.14. The third-order valence-electron chi connectivity index (χ3n) is 3.04. The van der Waals surface area contributed by atoms with Crippen LogP contribution in [0.25, 0.3) is 0 Å². The standard InChI is InChI=1S/C11H22BrNO2S/c1-10(12)7-8-13-16(14,15)9-11-5-3-2-4-6-11/h10-11,13H,2-9H2,1H3. The van der Waals surface area contributed by atoms with Crippen LogP contribution < -0.4 is 4.72 Å². The molecule has 0 saturated heterocycles. The van der Waals surface area contributed by atoms with Crippen molar-refractivity contribution in [1.82, 2.24) is 4.72 Å². The smallest absolute Gasteiger partial charge is 0.211 e. The highest BCUT2D eigenvalue weighted by molar-refractivity contribution is 9.09. The SMILES string of the molecule is CC(Br)CCNS(=O)(=O)CC1CCCCC1.